The lowest BCUT2D eigenvalue weighted by atomic mass is 9.89. The van der Waals surface area contributed by atoms with Crippen molar-refractivity contribution in [3.8, 4) is 0 Å². The van der Waals surface area contributed by atoms with E-state index in [1.807, 2.05) is 29.1 Å². The van der Waals surface area contributed by atoms with Crippen molar-refractivity contribution in [2.75, 3.05) is 19.6 Å². The average Bonchev–Trinajstić information content (AvgIpc) is 3.01. The minimum atomic E-state index is -0.426. The normalized spacial score (nSPS) is 18.2. The molecular weight excluding hydrogens is 288 g/mol. The van der Waals surface area contributed by atoms with E-state index in [0.29, 0.717) is 5.92 Å². The standard InChI is InChI=1S/C18H26N4O/c1-15-13-20-22(14-15)10-4-9-21-11-6-16(7-12-21)18(23)17-5-2-3-8-19-17/h2-3,5,8,13-14,16,18,23H,4,6-7,9-12H2,1H3. The second-order valence-electron chi connectivity index (χ2n) is 6.51. The molecule has 5 nitrogen and oxygen atoms in total. The van der Waals surface area contributed by atoms with Crippen molar-refractivity contribution in [1.82, 2.24) is 19.7 Å². The van der Waals surface area contributed by atoms with Crippen LogP contribution in [-0.4, -0.2) is 44.4 Å². The molecule has 0 saturated carbocycles. The average molecular weight is 314 g/mol. The Hall–Kier alpha value is -1.72. The maximum Gasteiger partial charge on any atom is 0.0988 e. The van der Waals surface area contributed by atoms with Crippen molar-refractivity contribution in [2.24, 2.45) is 5.92 Å². The molecule has 1 saturated heterocycles. The number of likely N-dealkylation sites (tertiary alicyclic amines) is 1. The Morgan fingerprint density at radius 1 is 1.26 bits per heavy atom. The van der Waals surface area contributed by atoms with Crippen LogP contribution in [-0.2, 0) is 6.54 Å². The molecule has 0 aliphatic carbocycles. The summed E-state index contributed by atoms with van der Waals surface area (Å²) in [5.41, 5.74) is 2.02. The summed E-state index contributed by atoms with van der Waals surface area (Å²) in [6, 6.07) is 5.75. The first-order valence-electron chi connectivity index (χ1n) is 8.53. The van der Waals surface area contributed by atoms with Gasteiger partial charge in [0.05, 0.1) is 18.0 Å². The molecule has 1 aliphatic rings. The predicted molar refractivity (Wildman–Crippen MR) is 89.9 cm³/mol. The van der Waals surface area contributed by atoms with E-state index in [4.69, 9.17) is 0 Å². The molecule has 23 heavy (non-hydrogen) atoms. The Morgan fingerprint density at radius 2 is 2.09 bits per heavy atom. The highest BCUT2D eigenvalue weighted by Crippen LogP contribution is 2.29. The second-order valence-corrected chi connectivity index (χ2v) is 6.51. The number of aliphatic hydroxyl groups is 1. The van der Waals surface area contributed by atoms with Crippen LogP contribution in [0, 0.1) is 12.8 Å². The molecule has 0 aromatic carbocycles. The number of aryl methyl sites for hydroxylation is 2. The minimum absolute atomic E-state index is 0.329. The van der Waals surface area contributed by atoms with Crippen LogP contribution in [0.25, 0.3) is 0 Å². The molecular formula is C18H26N4O. The summed E-state index contributed by atoms with van der Waals surface area (Å²) >= 11 is 0. The molecule has 0 spiro atoms. The summed E-state index contributed by atoms with van der Waals surface area (Å²) in [4.78, 5) is 6.78. The van der Waals surface area contributed by atoms with Gasteiger partial charge in [-0.05, 0) is 69.4 Å². The van der Waals surface area contributed by atoms with Gasteiger partial charge in [-0.1, -0.05) is 6.07 Å². The number of aliphatic hydroxyl groups excluding tert-OH is 1. The van der Waals surface area contributed by atoms with Crippen molar-refractivity contribution in [3.05, 3.63) is 48.0 Å². The summed E-state index contributed by atoms with van der Waals surface area (Å²) in [7, 11) is 0. The Labute approximate surface area is 138 Å². The minimum Gasteiger partial charge on any atom is -0.387 e. The van der Waals surface area contributed by atoms with Gasteiger partial charge in [0.15, 0.2) is 0 Å². The van der Waals surface area contributed by atoms with Gasteiger partial charge in [0.25, 0.3) is 0 Å². The highest BCUT2D eigenvalue weighted by atomic mass is 16.3. The van der Waals surface area contributed by atoms with E-state index >= 15 is 0 Å². The van der Waals surface area contributed by atoms with E-state index in [-0.39, 0.29) is 0 Å². The van der Waals surface area contributed by atoms with Gasteiger partial charge in [0.2, 0.25) is 0 Å². The lowest BCUT2D eigenvalue weighted by molar-refractivity contribution is 0.0554. The molecule has 5 heteroatoms. The first-order chi connectivity index (χ1) is 11.2. The highest BCUT2D eigenvalue weighted by molar-refractivity contribution is 5.08. The summed E-state index contributed by atoms with van der Waals surface area (Å²) in [5, 5.41) is 14.8. The Balaban J connectivity index is 1.40. The molecule has 3 heterocycles. The first-order valence-corrected chi connectivity index (χ1v) is 8.53. The fourth-order valence-electron chi connectivity index (χ4n) is 3.33. The zero-order valence-electron chi connectivity index (χ0n) is 13.8. The summed E-state index contributed by atoms with van der Waals surface area (Å²) in [5.74, 6) is 0.329. The van der Waals surface area contributed by atoms with Crippen LogP contribution in [0.2, 0.25) is 0 Å². The van der Waals surface area contributed by atoms with Crippen molar-refractivity contribution < 1.29 is 5.11 Å². The lowest BCUT2D eigenvalue weighted by Gasteiger charge is -2.34. The topological polar surface area (TPSA) is 54.2 Å². The van der Waals surface area contributed by atoms with Gasteiger partial charge in [-0.2, -0.15) is 5.10 Å². The molecule has 124 valence electrons. The van der Waals surface area contributed by atoms with Crippen molar-refractivity contribution >= 4 is 0 Å². The number of piperidine rings is 1. The molecule has 2 aromatic rings. The summed E-state index contributed by atoms with van der Waals surface area (Å²) in [6.07, 6.45) is 8.53. The molecule has 2 aromatic heterocycles. The van der Waals surface area contributed by atoms with Crippen molar-refractivity contribution in [3.63, 3.8) is 0 Å². The van der Waals surface area contributed by atoms with Gasteiger partial charge in [-0.15, -0.1) is 0 Å². The summed E-state index contributed by atoms with van der Waals surface area (Å²) < 4.78 is 2.02. The molecule has 1 atom stereocenters. The Bertz CT molecular complexity index is 590. The Kier molecular flexibility index (Phi) is 5.41. The van der Waals surface area contributed by atoms with Gasteiger partial charge in [0, 0.05) is 18.9 Å². The lowest BCUT2D eigenvalue weighted by Crippen LogP contribution is -2.36. The molecule has 0 bridgehead atoms. The van der Waals surface area contributed by atoms with Crippen LogP contribution in [0.5, 0.6) is 0 Å². The zero-order chi connectivity index (χ0) is 16.1. The second kappa shape index (κ2) is 7.70. The quantitative estimate of drug-likeness (QED) is 0.890. The smallest absolute Gasteiger partial charge is 0.0988 e. The van der Waals surface area contributed by atoms with E-state index in [9.17, 15) is 5.11 Å². The maximum atomic E-state index is 10.5. The van der Waals surface area contributed by atoms with Crippen molar-refractivity contribution in [1.29, 1.82) is 0 Å². The van der Waals surface area contributed by atoms with Gasteiger partial charge < -0.3 is 10.0 Å². The number of pyridine rings is 1. The fourth-order valence-corrected chi connectivity index (χ4v) is 3.33. The van der Waals surface area contributed by atoms with E-state index < -0.39 is 6.10 Å². The molecule has 1 aliphatic heterocycles. The number of rotatable bonds is 6. The van der Waals surface area contributed by atoms with Crippen LogP contribution in [0.3, 0.4) is 0 Å². The predicted octanol–water partition coefficient (Wildman–Crippen LogP) is 2.42. The van der Waals surface area contributed by atoms with Gasteiger partial charge in [-0.25, -0.2) is 0 Å². The van der Waals surface area contributed by atoms with Crippen LogP contribution in [0.15, 0.2) is 36.8 Å². The number of hydrogen-bond donors (Lipinski definition) is 1. The fraction of sp³-hybridized carbons (Fsp3) is 0.556. The van der Waals surface area contributed by atoms with Crippen molar-refractivity contribution in [2.45, 2.75) is 38.8 Å². The third kappa shape index (κ3) is 4.39. The van der Waals surface area contributed by atoms with Crippen LogP contribution >= 0.6 is 0 Å². The van der Waals surface area contributed by atoms with Gasteiger partial charge in [0.1, 0.15) is 0 Å². The van der Waals surface area contributed by atoms with Gasteiger partial charge in [-0.3, -0.25) is 9.67 Å². The molecule has 1 unspecified atom stereocenters. The maximum absolute atomic E-state index is 10.5. The number of aromatic nitrogens is 3. The SMILES string of the molecule is Cc1cnn(CCCN2CCC(C(O)c3ccccn3)CC2)c1. The van der Waals surface area contributed by atoms with E-state index in [0.717, 1.165) is 51.1 Å². The molecule has 0 radical (unpaired) electrons. The van der Waals surface area contributed by atoms with E-state index in [1.54, 1.807) is 6.20 Å². The molecule has 1 N–H and O–H groups in total. The van der Waals surface area contributed by atoms with E-state index in [2.05, 4.69) is 28.1 Å². The Morgan fingerprint density at radius 3 is 2.74 bits per heavy atom. The zero-order valence-corrected chi connectivity index (χ0v) is 13.8. The molecule has 1 fully saturated rings. The summed E-state index contributed by atoms with van der Waals surface area (Å²) in [6.45, 7) is 6.27. The highest BCUT2D eigenvalue weighted by Gasteiger charge is 2.26. The number of nitrogens with zero attached hydrogens (tertiary/aromatic N) is 4. The third-order valence-electron chi connectivity index (χ3n) is 4.69. The van der Waals surface area contributed by atoms with E-state index in [1.165, 1.54) is 5.56 Å². The largest absolute Gasteiger partial charge is 0.387 e. The number of hydrogen-bond acceptors (Lipinski definition) is 4. The monoisotopic (exact) mass is 314 g/mol. The van der Waals surface area contributed by atoms with Crippen LogP contribution in [0.1, 0.15) is 36.6 Å². The van der Waals surface area contributed by atoms with Crippen LogP contribution in [0.4, 0.5) is 0 Å². The third-order valence-corrected chi connectivity index (χ3v) is 4.69. The molecule has 3 rings (SSSR count). The van der Waals surface area contributed by atoms with Gasteiger partial charge >= 0.3 is 0 Å². The van der Waals surface area contributed by atoms with Crippen LogP contribution < -0.4 is 0 Å². The first kappa shape index (κ1) is 16.1. The molecule has 0 amide bonds.